The number of nitrogens with zero attached hydrogens (tertiary/aromatic N) is 2. The minimum absolute atomic E-state index is 0.0387. The van der Waals surface area contributed by atoms with Crippen molar-refractivity contribution in [1.82, 2.24) is 9.80 Å². The molecule has 0 saturated carbocycles. The number of likely N-dealkylation sites (tertiary alicyclic amines) is 1. The molecule has 2 aliphatic rings. The van der Waals surface area contributed by atoms with Crippen LogP contribution in [0.1, 0.15) is 19.3 Å². The van der Waals surface area contributed by atoms with E-state index in [9.17, 15) is 9.18 Å². The first kappa shape index (κ1) is 19.1. The highest BCUT2D eigenvalue weighted by molar-refractivity contribution is 5.78. The molecule has 2 fully saturated rings. The molecule has 1 aromatic carbocycles. The number of carbonyl (C=O) groups excluding carboxylic acids is 1. The van der Waals surface area contributed by atoms with E-state index in [0.717, 1.165) is 38.9 Å². The van der Waals surface area contributed by atoms with Crippen LogP contribution >= 0.6 is 0 Å². The quantitative estimate of drug-likeness (QED) is 0.788. The van der Waals surface area contributed by atoms with Crippen molar-refractivity contribution in [1.29, 1.82) is 0 Å². The number of benzene rings is 1. The Bertz CT molecular complexity index is 575. The van der Waals surface area contributed by atoms with Crippen LogP contribution in [0.3, 0.4) is 0 Å². The number of ether oxygens (including phenoxy) is 2. The van der Waals surface area contributed by atoms with Gasteiger partial charge in [0.25, 0.3) is 0 Å². The van der Waals surface area contributed by atoms with E-state index in [1.165, 1.54) is 12.1 Å². The molecule has 144 valence electrons. The Labute approximate surface area is 153 Å². The number of carbonyl (C=O) groups is 1. The summed E-state index contributed by atoms with van der Waals surface area (Å²) in [5.74, 6) is 0.334. The minimum atomic E-state index is -0.298. The van der Waals surface area contributed by atoms with E-state index in [1.54, 1.807) is 12.1 Å². The van der Waals surface area contributed by atoms with Gasteiger partial charge >= 0.3 is 0 Å². The summed E-state index contributed by atoms with van der Waals surface area (Å²) in [7, 11) is 0. The second-order valence-electron chi connectivity index (χ2n) is 6.89. The second-order valence-corrected chi connectivity index (χ2v) is 6.89. The van der Waals surface area contributed by atoms with Gasteiger partial charge in [-0.3, -0.25) is 4.79 Å². The molecule has 0 bridgehead atoms. The number of piperidine rings is 1. The third kappa shape index (κ3) is 5.16. The fourth-order valence-corrected chi connectivity index (χ4v) is 3.57. The third-order valence-corrected chi connectivity index (χ3v) is 5.04. The van der Waals surface area contributed by atoms with E-state index in [1.807, 2.05) is 4.90 Å². The highest BCUT2D eigenvalue weighted by Crippen LogP contribution is 2.21. The number of amides is 1. The minimum Gasteiger partial charge on any atom is -0.491 e. The van der Waals surface area contributed by atoms with Crippen molar-refractivity contribution in [2.24, 2.45) is 0 Å². The van der Waals surface area contributed by atoms with E-state index in [2.05, 4.69) is 4.90 Å². The van der Waals surface area contributed by atoms with Crippen LogP contribution in [0.15, 0.2) is 24.3 Å². The first-order chi connectivity index (χ1) is 12.7. The number of aliphatic hydroxyl groups is 1. The van der Waals surface area contributed by atoms with Gasteiger partial charge in [-0.2, -0.15) is 0 Å². The lowest BCUT2D eigenvalue weighted by Gasteiger charge is -2.42. The van der Waals surface area contributed by atoms with Gasteiger partial charge in [-0.1, -0.05) is 0 Å². The molecule has 0 aromatic heterocycles. The van der Waals surface area contributed by atoms with Crippen LogP contribution in [0.2, 0.25) is 0 Å². The normalized spacial score (nSPS) is 22.6. The Morgan fingerprint density at radius 1 is 1.23 bits per heavy atom. The Kier molecular flexibility index (Phi) is 6.82. The molecular formula is C19H27FN2O4. The van der Waals surface area contributed by atoms with Crippen LogP contribution in [0, 0.1) is 5.82 Å². The summed E-state index contributed by atoms with van der Waals surface area (Å²) in [5.41, 5.74) is 0. The smallest absolute Gasteiger partial charge is 0.248 e. The van der Waals surface area contributed by atoms with E-state index in [0.29, 0.717) is 18.9 Å². The maximum atomic E-state index is 12.9. The second kappa shape index (κ2) is 9.30. The van der Waals surface area contributed by atoms with Crippen LogP contribution in [-0.4, -0.2) is 79.0 Å². The standard InChI is InChI=1S/C19H27FN2O4/c20-15-2-4-17(5-3-15)25-13-18-12-22(19(24)14-26-18)16-6-9-21(10-7-16)8-1-11-23/h2-5,16,18,23H,1,6-14H2. The monoisotopic (exact) mass is 366 g/mol. The number of rotatable bonds is 7. The zero-order chi connectivity index (χ0) is 18.4. The fraction of sp³-hybridized carbons (Fsp3) is 0.632. The van der Waals surface area contributed by atoms with Gasteiger partial charge in [-0.05, 0) is 43.5 Å². The first-order valence-electron chi connectivity index (χ1n) is 9.28. The van der Waals surface area contributed by atoms with E-state index >= 15 is 0 Å². The SMILES string of the molecule is O=C1COC(COc2ccc(F)cc2)CN1C1CCN(CCCO)CC1. The van der Waals surface area contributed by atoms with Gasteiger partial charge in [0, 0.05) is 32.3 Å². The zero-order valence-electron chi connectivity index (χ0n) is 15.0. The van der Waals surface area contributed by atoms with Crippen molar-refractivity contribution < 1.29 is 23.8 Å². The summed E-state index contributed by atoms with van der Waals surface area (Å²) in [5, 5.41) is 8.94. The molecule has 1 aromatic rings. The van der Waals surface area contributed by atoms with Crippen molar-refractivity contribution in [3.05, 3.63) is 30.1 Å². The lowest BCUT2D eigenvalue weighted by molar-refractivity contribution is -0.155. The molecule has 26 heavy (non-hydrogen) atoms. The van der Waals surface area contributed by atoms with E-state index < -0.39 is 0 Å². The van der Waals surface area contributed by atoms with Crippen LogP contribution in [0.25, 0.3) is 0 Å². The molecule has 0 radical (unpaired) electrons. The van der Waals surface area contributed by atoms with Crippen LogP contribution in [0.4, 0.5) is 4.39 Å². The molecule has 1 unspecified atom stereocenters. The molecular weight excluding hydrogens is 339 g/mol. The zero-order valence-corrected chi connectivity index (χ0v) is 15.0. The predicted molar refractivity (Wildman–Crippen MR) is 94.5 cm³/mol. The van der Waals surface area contributed by atoms with Gasteiger partial charge in [0.1, 0.15) is 30.9 Å². The first-order valence-corrected chi connectivity index (χ1v) is 9.28. The van der Waals surface area contributed by atoms with Crippen molar-refractivity contribution in [2.75, 3.05) is 46.0 Å². The summed E-state index contributed by atoms with van der Waals surface area (Å²) in [6.07, 6.45) is 2.51. The lowest BCUT2D eigenvalue weighted by Crippen LogP contribution is -2.55. The fourth-order valence-electron chi connectivity index (χ4n) is 3.57. The van der Waals surface area contributed by atoms with Crippen LogP contribution in [0.5, 0.6) is 5.75 Å². The predicted octanol–water partition coefficient (Wildman–Crippen LogP) is 1.28. The number of aliphatic hydroxyl groups excluding tert-OH is 1. The maximum Gasteiger partial charge on any atom is 0.248 e. The molecule has 2 aliphatic heterocycles. The molecule has 2 heterocycles. The van der Waals surface area contributed by atoms with E-state index in [-0.39, 0.29) is 37.1 Å². The third-order valence-electron chi connectivity index (χ3n) is 5.04. The summed E-state index contributed by atoms with van der Waals surface area (Å²) in [4.78, 5) is 16.6. The van der Waals surface area contributed by atoms with Gasteiger partial charge in [0.05, 0.1) is 6.54 Å². The molecule has 0 spiro atoms. The lowest BCUT2D eigenvalue weighted by atomic mass is 10.0. The van der Waals surface area contributed by atoms with Gasteiger partial charge < -0.3 is 24.4 Å². The van der Waals surface area contributed by atoms with E-state index in [4.69, 9.17) is 14.6 Å². The highest BCUT2D eigenvalue weighted by atomic mass is 19.1. The van der Waals surface area contributed by atoms with Crippen molar-refractivity contribution in [3.8, 4) is 5.75 Å². The van der Waals surface area contributed by atoms with Crippen molar-refractivity contribution in [3.63, 3.8) is 0 Å². The maximum absolute atomic E-state index is 12.9. The number of morpholine rings is 1. The summed E-state index contributed by atoms with van der Waals surface area (Å²) in [6.45, 7) is 3.98. The number of hydrogen-bond acceptors (Lipinski definition) is 5. The number of hydrogen-bond donors (Lipinski definition) is 1. The molecule has 0 aliphatic carbocycles. The van der Waals surface area contributed by atoms with Gasteiger partial charge in [-0.15, -0.1) is 0 Å². The van der Waals surface area contributed by atoms with Crippen molar-refractivity contribution in [2.45, 2.75) is 31.4 Å². The topological polar surface area (TPSA) is 62.2 Å². The average Bonchev–Trinajstić information content (AvgIpc) is 2.67. The molecule has 1 amide bonds. The van der Waals surface area contributed by atoms with Gasteiger partial charge in [-0.25, -0.2) is 4.39 Å². The van der Waals surface area contributed by atoms with Crippen LogP contribution in [-0.2, 0) is 9.53 Å². The Hall–Kier alpha value is -1.70. The summed E-state index contributed by atoms with van der Waals surface area (Å²) >= 11 is 0. The average molecular weight is 366 g/mol. The highest BCUT2D eigenvalue weighted by Gasteiger charge is 2.33. The Balaban J connectivity index is 1.47. The van der Waals surface area contributed by atoms with Gasteiger partial charge in [0.15, 0.2) is 0 Å². The largest absolute Gasteiger partial charge is 0.491 e. The molecule has 3 rings (SSSR count). The molecule has 1 atom stereocenters. The van der Waals surface area contributed by atoms with Gasteiger partial charge in [0.2, 0.25) is 5.91 Å². The molecule has 6 nitrogen and oxygen atoms in total. The summed E-state index contributed by atoms with van der Waals surface area (Å²) in [6, 6.07) is 6.13. The molecule has 2 saturated heterocycles. The Morgan fingerprint density at radius 2 is 1.96 bits per heavy atom. The number of halogens is 1. The van der Waals surface area contributed by atoms with Crippen molar-refractivity contribution >= 4 is 5.91 Å². The van der Waals surface area contributed by atoms with Crippen LogP contribution < -0.4 is 4.74 Å². The Morgan fingerprint density at radius 3 is 2.65 bits per heavy atom. The molecule has 7 heteroatoms. The summed E-state index contributed by atoms with van der Waals surface area (Å²) < 4.78 is 24.2. The molecule has 1 N–H and O–H groups in total.